The maximum atomic E-state index is 12.7. The van der Waals surface area contributed by atoms with E-state index < -0.39 is 5.60 Å². The van der Waals surface area contributed by atoms with Gasteiger partial charge in [-0.25, -0.2) is 4.79 Å². The lowest BCUT2D eigenvalue weighted by Crippen LogP contribution is -2.46. The van der Waals surface area contributed by atoms with Gasteiger partial charge in [0.1, 0.15) is 22.5 Å². The standard InChI is InChI=1S/C31H40N6O2S/c1-19-21(3)40-28-25(19)26(32-20(2)27-34-33-22(4)37(27)28)23-9-11-24(12-10-23)35-15-8-13-31(17-35)14-16-36(18-31)29(38)39-30(5,6)7/h9-12,20H,8,13-18H2,1-7H3/t20-,31?/m0/s1. The minimum atomic E-state index is -0.469. The summed E-state index contributed by atoms with van der Waals surface area (Å²) in [5.74, 6) is 1.79. The van der Waals surface area contributed by atoms with Gasteiger partial charge in [0.25, 0.3) is 0 Å². The molecule has 2 atom stereocenters. The summed E-state index contributed by atoms with van der Waals surface area (Å²) >= 11 is 1.79. The Morgan fingerprint density at radius 3 is 2.52 bits per heavy atom. The predicted octanol–water partition coefficient (Wildman–Crippen LogP) is 6.39. The number of carbonyl (C=O) groups excluding carboxylic acids is 1. The highest BCUT2D eigenvalue weighted by molar-refractivity contribution is 7.15. The fourth-order valence-electron chi connectivity index (χ4n) is 6.49. The summed E-state index contributed by atoms with van der Waals surface area (Å²) in [5, 5.41) is 10.0. The topological polar surface area (TPSA) is 75.8 Å². The lowest BCUT2D eigenvalue weighted by molar-refractivity contribution is 0.0269. The second-order valence-electron chi connectivity index (χ2n) is 12.8. The fourth-order valence-corrected chi connectivity index (χ4v) is 7.70. The maximum absolute atomic E-state index is 12.7. The number of aryl methyl sites for hydroxylation is 2. The first-order valence-corrected chi connectivity index (χ1v) is 15.2. The summed E-state index contributed by atoms with van der Waals surface area (Å²) < 4.78 is 7.85. The molecule has 0 aliphatic carbocycles. The molecule has 2 fully saturated rings. The molecule has 0 saturated carbocycles. The van der Waals surface area contributed by atoms with Crippen LogP contribution in [0, 0.1) is 26.2 Å². The van der Waals surface area contributed by atoms with Crippen LogP contribution in [0.4, 0.5) is 10.5 Å². The molecule has 8 nitrogen and oxygen atoms in total. The van der Waals surface area contributed by atoms with Crippen molar-refractivity contribution in [3.8, 4) is 5.00 Å². The van der Waals surface area contributed by atoms with E-state index in [1.165, 1.54) is 21.7 Å². The van der Waals surface area contributed by atoms with Crippen LogP contribution < -0.4 is 4.90 Å². The quantitative estimate of drug-likeness (QED) is 0.363. The van der Waals surface area contributed by atoms with Gasteiger partial charge in [-0.05, 0) is 85.4 Å². The van der Waals surface area contributed by atoms with Crippen molar-refractivity contribution in [1.29, 1.82) is 0 Å². The normalized spacial score (nSPS) is 22.7. The van der Waals surface area contributed by atoms with Crippen molar-refractivity contribution in [1.82, 2.24) is 19.7 Å². The lowest BCUT2D eigenvalue weighted by atomic mass is 9.79. The third kappa shape index (κ3) is 4.72. The first kappa shape index (κ1) is 27.0. The first-order chi connectivity index (χ1) is 18.9. The van der Waals surface area contributed by atoms with E-state index in [4.69, 9.17) is 9.73 Å². The zero-order valence-corrected chi connectivity index (χ0v) is 25.6. The molecule has 3 aliphatic rings. The summed E-state index contributed by atoms with van der Waals surface area (Å²) in [6, 6.07) is 8.84. The summed E-state index contributed by atoms with van der Waals surface area (Å²) in [6.07, 6.45) is 3.12. The van der Waals surface area contributed by atoms with Crippen LogP contribution in [0.3, 0.4) is 0 Å². The van der Waals surface area contributed by atoms with E-state index in [9.17, 15) is 4.79 Å². The molecule has 9 heteroatoms. The van der Waals surface area contributed by atoms with Crippen molar-refractivity contribution in [2.24, 2.45) is 10.4 Å². The summed E-state index contributed by atoms with van der Waals surface area (Å²) in [5.41, 5.74) is 5.49. The molecular weight excluding hydrogens is 520 g/mol. The zero-order chi connectivity index (χ0) is 28.4. The van der Waals surface area contributed by atoms with Crippen molar-refractivity contribution in [2.45, 2.75) is 79.4 Å². The van der Waals surface area contributed by atoms with Gasteiger partial charge in [0.2, 0.25) is 0 Å². The Balaban J connectivity index is 1.25. The molecule has 3 aromatic rings. The molecule has 6 rings (SSSR count). The van der Waals surface area contributed by atoms with Gasteiger partial charge >= 0.3 is 6.09 Å². The molecule has 2 aromatic heterocycles. The zero-order valence-electron chi connectivity index (χ0n) is 24.7. The SMILES string of the molecule is Cc1sc2c(c1C)C(c1ccc(N3CCCC4(CCN(C(=O)OC(C)(C)C)C4)C3)cc1)=N[C@@H](C)c1nnc(C)n1-2. The van der Waals surface area contributed by atoms with Gasteiger partial charge in [-0.2, -0.15) is 0 Å². The van der Waals surface area contributed by atoms with Crippen LogP contribution in [-0.4, -0.2) is 63.2 Å². The van der Waals surface area contributed by atoms with E-state index in [0.717, 1.165) is 73.4 Å². The lowest BCUT2D eigenvalue weighted by Gasteiger charge is -2.41. The second-order valence-corrected chi connectivity index (χ2v) is 14.0. The number of thiophene rings is 1. The molecule has 2 saturated heterocycles. The molecular formula is C31H40N6O2S. The number of nitrogens with zero attached hydrogens (tertiary/aromatic N) is 6. The Morgan fingerprint density at radius 2 is 1.80 bits per heavy atom. The van der Waals surface area contributed by atoms with Gasteiger partial charge in [0, 0.05) is 53.3 Å². The van der Waals surface area contributed by atoms with Crippen LogP contribution in [0.25, 0.3) is 5.00 Å². The minimum Gasteiger partial charge on any atom is -0.444 e. The second kappa shape index (κ2) is 9.72. The number of anilines is 1. The Labute approximate surface area is 241 Å². The van der Waals surface area contributed by atoms with E-state index in [1.807, 2.05) is 32.6 Å². The first-order valence-electron chi connectivity index (χ1n) is 14.4. The number of hydrogen-bond acceptors (Lipinski definition) is 7. The number of amides is 1. The molecule has 0 radical (unpaired) electrons. The number of aromatic nitrogens is 3. The van der Waals surface area contributed by atoms with Crippen LogP contribution in [0.5, 0.6) is 0 Å². The van der Waals surface area contributed by atoms with Crippen LogP contribution in [0.15, 0.2) is 29.3 Å². The highest BCUT2D eigenvalue weighted by atomic mass is 32.1. The number of aliphatic imine (C=N–C) groups is 1. The number of benzene rings is 1. The summed E-state index contributed by atoms with van der Waals surface area (Å²) in [6.45, 7) is 17.8. The number of ether oxygens (including phenoxy) is 1. The van der Waals surface area contributed by atoms with Crippen LogP contribution in [-0.2, 0) is 4.74 Å². The largest absolute Gasteiger partial charge is 0.444 e. The van der Waals surface area contributed by atoms with Crippen molar-refractivity contribution >= 4 is 28.8 Å². The van der Waals surface area contributed by atoms with Crippen LogP contribution >= 0.6 is 11.3 Å². The summed E-state index contributed by atoms with van der Waals surface area (Å²) in [7, 11) is 0. The van der Waals surface area contributed by atoms with Gasteiger partial charge in [-0.3, -0.25) is 9.56 Å². The highest BCUT2D eigenvalue weighted by Crippen LogP contribution is 2.42. The summed E-state index contributed by atoms with van der Waals surface area (Å²) in [4.78, 5) is 23.6. The molecule has 1 unspecified atom stereocenters. The molecule has 1 aromatic carbocycles. The molecule has 0 bridgehead atoms. The average Bonchev–Trinajstić information content (AvgIpc) is 3.55. The van der Waals surface area contributed by atoms with Gasteiger partial charge in [-0.15, -0.1) is 21.5 Å². The molecule has 3 aliphatic heterocycles. The van der Waals surface area contributed by atoms with E-state index >= 15 is 0 Å². The molecule has 5 heterocycles. The van der Waals surface area contributed by atoms with Gasteiger partial charge in [-0.1, -0.05) is 12.1 Å². The van der Waals surface area contributed by atoms with E-state index in [1.54, 1.807) is 11.3 Å². The average molecular weight is 561 g/mol. The third-order valence-electron chi connectivity index (χ3n) is 8.61. The van der Waals surface area contributed by atoms with Crippen molar-refractivity contribution in [2.75, 3.05) is 31.1 Å². The highest BCUT2D eigenvalue weighted by Gasteiger charge is 2.44. The van der Waals surface area contributed by atoms with Crippen molar-refractivity contribution in [3.63, 3.8) is 0 Å². The smallest absolute Gasteiger partial charge is 0.410 e. The number of likely N-dealkylation sites (tertiary alicyclic amines) is 1. The Kier molecular flexibility index (Phi) is 6.56. The molecule has 212 valence electrons. The molecule has 1 spiro atoms. The Morgan fingerprint density at radius 1 is 1.05 bits per heavy atom. The van der Waals surface area contributed by atoms with Gasteiger partial charge in [0.15, 0.2) is 5.82 Å². The predicted molar refractivity (Wildman–Crippen MR) is 160 cm³/mol. The van der Waals surface area contributed by atoms with E-state index in [0.29, 0.717) is 0 Å². The number of carbonyl (C=O) groups is 1. The maximum Gasteiger partial charge on any atom is 0.410 e. The van der Waals surface area contributed by atoms with E-state index in [2.05, 4.69) is 64.7 Å². The van der Waals surface area contributed by atoms with Crippen molar-refractivity contribution in [3.05, 3.63) is 57.5 Å². The third-order valence-corrected chi connectivity index (χ3v) is 9.80. The van der Waals surface area contributed by atoms with Gasteiger partial charge < -0.3 is 14.5 Å². The monoisotopic (exact) mass is 560 g/mol. The van der Waals surface area contributed by atoms with Crippen LogP contribution in [0.1, 0.15) is 86.2 Å². The van der Waals surface area contributed by atoms with E-state index in [-0.39, 0.29) is 17.6 Å². The minimum absolute atomic E-state index is 0.0904. The van der Waals surface area contributed by atoms with Gasteiger partial charge in [0.05, 0.1) is 5.71 Å². The Hall–Kier alpha value is -3.20. The fraction of sp³-hybridized carbons (Fsp3) is 0.548. The number of fused-ring (bicyclic) bond motifs is 3. The van der Waals surface area contributed by atoms with Crippen molar-refractivity contribution < 1.29 is 9.53 Å². The molecule has 40 heavy (non-hydrogen) atoms. The number of hydrogen-bond donors (Lipinski definition) is 0. The number of piperidine rings is 1. The Bertz CT molecular complexity index is 1480. The van der Waals surface area contributed by atoms with Crippen LogP contribution in [0.2, 0.25) is 0 Å². The molecule has 0 N–H and O–H groups in total. The molecule has 1 amide bonds. The number of rotatable bonds is 2.